The van der Waals surface area contributed by atoms with Crippen LogP contribution in [0.4, 0.5) is 5.69 Å². The first kappa shape index (κ1) is 17.4. The summed E-state index contributed by atoms with van der Waals surface area (Å²) in [5, 5.41) is 2.77. The molecular formula is C24H20ClNO. The largest absolute Gasteiger partial charge is 0.456 e. The first-order chi connectivity index (χ1) is 13.1. The second kappa shape index (κ2) is 7.34. The maximum absolute atomic E-state index is 6.24. The second-order valence-corrected chi connectivity index (χ2v) is 7.14. The van der Waals surface area contributed by atoms with E-state index >= 15 is 0 Å². The van der Waals surface area contributed by atoms with E-state index < -0.39 is 0 Å². The van der Waals surface area contributed by atoms with Crippen LogP contribution in [0.15, 0.2) is 77.2 Å². The van der Waals surface area contributed by atoms with Gasteiger partial charge in [-0.15, -0.1) is 0 Å². The third-order valence-electron chi connectivity index (χ3n) is 4.54. The van der Waals surface area contributed by atoms with Gasteiger partial charge in [-0.1, -0.05) is 54.1 Å². The lowest BCUT2D eigenvalue weighted by Crippen LogP contribution is -2.08. The monoisotopic (exact) mass is 373 g/mol. The Bertz CT molecular complexity index is 1190. The number of benzene rings is 3. The Hall–Kier alpha value is -2.97. The smallest absolute Gasteiger partial charge is 0.136 e. The van der Waals surface area contributed by atoms with Crippen molar-refractivity contribution in [1.82, 2.24) is 0 Å². The zero-order valence-electron chi connectivity index (χ0n) is 15.3. The summed E-state index contributed by atoms with van der Waals surface area (Å²) in [6.45, 7) is 0. The fourth-order valence-corrected chi connectivity index (χ4v) is 3.27. The van der Waals surface area contributed by atoms with Crippen molar-refractivity contribution in [3.63, 3.8) is 0 Å². The van der Waals surface area contributed by atoms with Crippen molar-refractivity contribution in [1.29, 1.82) is 0 Å². The lowest BCUT2D eigenvalue weighted by Gasteiger charge is -2.11. The molecule has 3 aromatic carbocycles. The van der Waals surface area contributed by atoms with Crippen LogP contribution in [0.2, 0.25) is 5.02 Å². The van der Waals surface area contributed by atoms with Gasteiger partial charge in [-0.05, 0) is 53.6 Å². The number of halogens is 1. The molecule has 4 rings (SSSR count). The van der Waals surface area contributed by atoms with Gasteiger partial charge in [-0.3, -0.25) is 0 Å². The standard InChI is InChI=1S/C24H20ClNO/c1-26(2)20-11-8-18(9-12-20)15-23-21-13-10-19(25)16-22(21)24(27-23)14-17-6-4-3-5-7-17/h3-16H,1-2H3/b23-15-,24-14-. The minimum atomic E-state index is 0.702. The predicted molar refractivity (Wildman–Crippen MR) is 115 cm³/mol. The van der Waals surface area contributed by atoms with Gasteiger partial charge in [0.25, 0.3) is 0 Å². The molecule has 0 saturated carbocycles. The summed E-state index contributed by atoms with van der Waals surface area (Å²) in [4.78, 5) is 2.08. The Kier molecular flexibility index (Phi) is 4.74. The van der Waals surface area contributed by atoms with Gasteiger partial charge in [-0.2, -0.15) is 0 Å². The number of anilines is 1. The highest BCUT2D eigenvalue weighted by atomic mass is 35.5. The zero-order valence-corrected chi connectivity index (χ0v) is 16.1. The Balaban J connectivity index is 1.90. The average molecular weight is 374 g/mol. The molecule has 0 bridgehead atoms. The van der Waals surface area contributed by atoms with Crippen molar-refractivity contribution in [3.05, 3.63) is 99.8 Å². The van der Waals surface area contributed by atoms with Crippen molar-refractivity contribution in [2.45, 2.75) is 0 Å². The molecule has 0 fully saturated rings. The van der Waals surface area contributed by atoms with Crippen LogP contribution in [0.5, 0.6) is 0 Å². The van der Waals surface area contributed by atoms with E-state index in [4.69, 9.17) is 16.0 Å². The molecule has 0 aliphatic heterocycles. The van der Waals surface area contributed by atoms with Gasteiger partial charge < -0.3 is 9.32 Å². The molecule has 0 spiro atoms. The van der Waals surface area contributed by atoms with Crippen LogP contribution < -0.4 is 15.7 Å². The van der Waals surface area contributed by atoms with Gasteiger partial charge in [0.05, 0.1) is 0 Å². The summed E-state index contributed by atoms with van der Waals surface area (Å²) >= 11 is 6.24. The average Bonchev–Trinajstić information content (AvgIpc) is 2.99. The van der Waals surface area contributed by atoms with Gasteiger partial charge in [-0.25, -0.2) is 0 Å². The van der Waals surface area contributed by atoms with E-state index in [1.54, 1.807) is 0 Å². The van der Waals surface area contributed by atoms with E-state index in [0.717, 1.165) is 32.7 Å². The Morgan fingerprint density at radius 2 is 1.37 bits per heavy atom. The van der Waals surface area contributed by atoms with E-state index in [0.29, 0.717) is 5.02 Å². The first-order valence-electron chi connectivity index (χ1n) is 8.84. The molecule has 0 saturated heterocycles. The minimum absolute atomic E-state index is 0.702. The van der Waals surface area contributed by atoms with Gasteiger partial charge in [0.1, 0.15) is 10.8 Å². The number of nitrogens with zero attached hydrogens (tertiary/aromatic N) is 1. The van der Waals surface area contributed by atoms with Crippen molar-refractivity contribution >= 4 is 40.2 Å². The molecule has 0 amide bonds. The van der Waals surface area contributed by atoms with Crippen molar-refractivity contribution in [3.8, 4) is 0 Å². The number of fused-ring (bicyclic) bond motifs is 1. The summed E-state index contributed by atoms with van der Waals surface area (Å²) in [5.74, 6) is 0. The highest BCUT2D eigenvalue weighted by Crippen LogP contribution is 2.16. The zero-order chi connectivity index (χ0) is 18.8. The lowest BCUT2D eigenvalue weighted by atomic mass is 10.1. The third-order valence-corrected chi connectivity index (χ3v) is 4.77. The molecule has 0 aliphatic rings. The van der Waals surface area contributed by atoms with Gasteiger partial charge >= 0.3 is 0 Å². The summed E-state index contributed by atoms with van der Waals surface area (Å²) in [6.07, 6.45) is 4.11. The summed E-state index contributed by atoms with van der Waals surface area (Å²) in [5.41, 5.74) is 5.00. The number of furan rings is 1. The van der Waals surface area contributed by atoms with Crippen molar-refractivity contribution in [2.75, 3.05) is 19.0 Å². The SMILES string of the molecule is CN(C)c1ccc(/C=c2\o/c(=C\c3ccccc3)c3cc(Cl)ccc23)cc1. The number of hydrogen-bond donors (Lipinski definition) is 0. The highest BCUT2D eigenvalue weighted by Gasteiger charge is 2.05. The maximum Gasteiger partial charge on any atom is 0.136 e. The Morgan fingerprint density at radius 1 is 0.741 bits per heavy atom. The van der Waals surface area contributed by atoms with Crippen LogP contribution in [-0.4, -0.2) is 14.1 Å². The molecule has 4 aromatic rings. The molecule has 3 heteroatoms. The fraction of sp³-hybridized carbons (Fsp3) is 0.0833. The topological polar surface area (TPSA) is 16.4 Å². The van der Waals surface area contributed by atoms with Gasteiger partial charge in [0.2, 0.25) is 0 Å². The highest BCUT2D eigenvalue weighted by molar-refractivity contribution is 6.31. The van der Waals surface area contributed by atoms with Crippen LogP contribution in [0, 0.1) is 0 Å². The third kappa shape index (κ3) is 3.76. The molecule has 0 radical (unpaired) electrons. The Labute approximate surface area is 163 Å². The molecule has 134 valence electrons. The normalized spacial score (nSPS) is 12.7. The van der Waals surface area contributed by atoms with Crippen LogP contribution >= 0.6 is 11.6 Å². The van der Waals surface area contributed by atoms with Crippen LogP contribution in [0.25, 0.3) is 22.9 Å². The molecule has 1 heterocycles. The maximum atomic E-state index is 6.24. The minimum Gasteiger partial charge on any atom is -0.456 e. The Morgan fingerprint density at radius 3 is 2.04 bits per heavy atom. The van der Waals surface area contributed by atoms with Crippen LogP contribution in [-0.2, 0) is 0 Å². The first-order valence-corrected chi connectivity index (χ1v) is 9.22. The fourth-order valence-electron chi connectivity index (χ4n) is 3.10. The summed E-state index contributed by atoms with van der Waals surface area (Å²) in [7, 11) is 4.07. The van der Waals surface area contributed by atoms with E-state index in [1.165, 1.54) is 5.69 Å². The van der Waals surface area contributed by atoms with Crippen LogP contribution in [0.3, 0.4) is 0 Å². The predicted octanol–water partition coefficient (Wildman–Crippen LogP) is 4.81. The number of hydrogen-bond acceptors (Lipinski definition) is 2. The van der Waals surface area contributed by atoms with E-state index in [9.17, 15) is 0 Å². The van der Waals surface area contributed by atoms with E-state index in [1.807, 2.05) is 56.6 Å². The molecule has 27 heavy (non-hydrogen) atoms. The molecule has 1 aromatic heterocycles. The molecule has 0 aliphatic carbocycles. The second-order valence-electron chi connectivity index (χ2n) is 6.71. The summed E-state index contributed by atoms with van der Waals surface area (Å²) in [6, 6.07) is 24.4. The van der Waals surface area contributed by atoms with E-state index in [-0.39, 0.29) is 0 Å². The molecule has 0 N–H and O–H groups in total. The molecule has 2 nitrogen and oxygen atoms in total. The van der Waals surface area contributed by atoms with Gasteiger partial charge in [0.15, 0.2) is 0 Å². The van der Waals surface area contributed by atoms with Gasteiger partial charge in [0, 0.05) is 35.6 Å². The van der Waals surface area contributed by atoms with Crippen molar-refractivity contribution in [2.24, 2.45) is 0 Å². The quantitative estimate of drug-likeness (QED) is 0.512. The number of rotatable bonds is 3. The summed E-state index contributed by atoms with van der Waals surface area (Å²) < 4.78 is 6.23. The lowest BCUT2D eigenvalue weighted by molar-refractivity contribution is 0.508. The van der Waals surface area contributed by atoms with E-state index in [2.05, 4.69) is 47.4 Å². The molecule has 0 atom stereocenters. The van der Waals surface area contributed by atoms with Crippen molar-refractivity contribution < 1.29 is 4.42 Å². The molecular weight excluding hydrogens is 354 g/mol. The molecule has 0 unspecified atom stereocenters. The van der Waals surface area contributed by atoms with Crippen LogP contribution in [0.1, 0.15) is 11.1 Å².